The molecule has 0 aliphatic carbocycles. The van der Waals surface area contributed by atoms with Gasteiger partial charge in [0.2, 0.25) is 5.88 Å². The molecule has 0 atom stereocenters. The third-order valence-electron chi connectivity index (χ3n) is 3.65. The Hall–Kier alpha value is -2.78. The third-order valence-corrected chi connectivity index (χ3v) is 4.53. The number of ether oxygens (including phenoxy) is 2. The minimum Gasteiger partial charge on any atom is -0.475 e. The zero-order valence-electron chi connectivity index (χ0n) is 16.1. The number of carbonyl (C=O) groups excluding carboxylic acids is 1. The van der Waals surface area contributed by atoms with Crippen molar-refractivity contribution < 1.29 is 14.3 Å². The van der Waals surface area contributed by atoms with Crippen LogP contribution in [0.4, 0.5) is 9.93 Å². The molecule has 9 heteroatoms. The average Bonchev–Trinajstić information content (AvgIpc) is 3.06. The average molecular weight is 401 g/mol. The Labute approximate surface area is 167 Å². The van der Waals surface area contributed by atoms with Crippen LogP contribution in [0.3, 0.4) is 0 Å². The molecule has 0 fully saturated rings. The molecule has 3 aromatic heterocycles. The van der Waals surface area contributed by atoms with Gasteiger partial charge in [-0.1, -0.05) is 17.4 Å². The number of thiazole rings is 1. The summed E-state index contributed by atoms with van der Waals surface area (Å²) >= 11 is 1.29. The number of anilines is 1. The molecule has 0 aromatic carbocycles. The second kappa shape index (κ2) is 9.43. The smallest absolute Gasteiger partial charge is 0.321 e. The first-order chi connectivity index (χ1) is 13.6. The molecule has 0 aliphatic heterocycles. The van der Waals surface area contributed by atoms with Crippen molar-refractivity contribution in [3.63, 3.8) is 0 Å². The Morgan fingerprint density at radius 2 is 2.14 bits per heavy atom. The standard InChI is InChI=1S/C19H23N5O3S/c1-4-21-18(25)24-19-22-15-10-14(13-6-5-7-20-11-13)16(23-17(15)28-19)27-9-8-26-12(2)3/h5-7,10-12H,4,8-9H2,1-3H3,(H2,21,22,24,25). The first kappa shape index (κ1) is 20.0. The van der Waals surface area contributed by atoms with Gasteiger partial charge in [0, 0.05) is 30.1 Å². The maximum Gasteiger partial charge on any atom is 0.321 e. The van der Waals surface area contributed by atoms with Gasteiger partial charge < -0.3 is 14.8 Å². The Balaban J connectivity index is 1.90. The summed E-state index contributed by atoms with van der Waals surface area (Å²) in [4.78, 5) is 25.7. The topological polar surface area (TPSA) is 98.3 Å². The van der Waals surface area contributed by atoms with E-state index in [0.717, 1.165) is 11.1 Å². The van der Waals surface area contributed by atoms with E-state index in [0.29, 0.717) is 41.1 Å². The summed E-state index contributed by atoms with van der Waals surface area (Å²) in [5, 5.41) is 5.88. The van der Waals surface area contributed by atoms with Crippen molar-refractivity contribution in [1.82, 2.24) is 20.3 Å². The summed E-state index contributed by atoms with van der Waals surface area (Å²) in [6.07, 6.45) is 3.60. The summed E-state index contributed by atoms with van der Waals surface area (Å²) in [6.45, 7) is 7.20. The molecular formula is C19H23N5O3S. The van der Waals surface area contributed by atoms with E-state index < -0.39 is 0 Å². The minimum atomic E-state index is -0.295. The SMILES string of the molecule is CCNC(=O)Nc1nc2cc(-c3cccnc3)c(OCCOC(C)C)nc2s1. The molecule has 3 aromatic rings. The van der Waals surface area contributed by atoms with Crippen LogP contribution in [-0.4, -0.2) is 46.8 Å². The lowest BCUT2D eigenvalue weighted by atomic mass is 10.1. The van der Waals surface area contributed by atoms with Crippen molar-refractivity contribution in [1.29, 1.82) is 0 Å². The number of hydrogen-bond donors (Lipinski definition) is 2. The number of aromatic nitrogens is 3. The van der Waals surface area contributed by atoms with Gasteiger partial charge in [-0.3, -0.25) is 10.3 Å². The van der Waals surface area contributed by atoms with Gasteiger partial charge in [0.25, 0.3) is 0 Å². The number of amides is 2. The summed E-state index contributed by atoms with van der Waals surface area (Å²) in [7, 11) is 0. The number of urea groups is 1. The molecule has 148 valence electrons. The van der Waals surface area contributed by atoms with Gasteiger partial charge in [-0.15, -0.1) is 0 Å². The molecular weight excluding hydrogens is 378 g/mol. The van der Waals surface area contributed by atoms with Gasteiger partial charge in [-0.2, -0.15) is 0 Å². The van der Waals surface area contributed by atoms with Gasteiger partial charge in [0.15, 0.2) is 5.13 Å². The van der Waals surface area contributed by atoms with Gasteiger partial charge in [0.1, 0.15) is 17.0 Å². The molecule has 0 saturated carbocycles. The van der Waals surface area contributed by atoms with Crippen molar-refractivity contribution in [2.45, 2.75) is 26.9 Å². The number of nitrogens with one attached hydrogen (secondary N) is 2. The van der Waals surface area contributed by atoms with Gasteiger partial charge >= 0.3 is 6.03 Å². The molecule has 3 rings (SSSR count). The highest BCUT2D eigenvalue weighted by atomic mass is 32.1. The quantitative estimate of drug-likeness (QED) is 0.559. The summed E-state index contributed by atoms with van der Waals surface area (Å²) in [6, 6.07) is 5.40. The summed E-state index contributed by atoms with van der Waals surface area (Å²) in [5.74, 6) is 0.487. The summed E-state index contributed by atoms with van der Waals surface area (Å²) in [5.41, 5.74) is 2.35. The van der Waals surface area contributed by atoms with Crippen molar-refractivity contribution in [3.05, 3.63) is 30.6 Å². The van der Waals surface area contributed by atoms with Crippen LogP contribution in [-0.2, 0) is 4.74 Å². The largest absolute Gasteiger partial charge is 0.475 e. The van der Waals surface area contributed by atoms with E-state index >= 15 is 0 Å². The molecule has 8 nitrogen and oxygen atoms in total. The van der Waals surface area contributed by atoms with E-state index in [4.69, 9.17) is 9.47 Å². The van der Waals surface area contributed by atoms with E-state index in [2.05, 4.69) is 25.6 Å². The van der Waals surface area contributed by atoms with Gasteiger partial charge in [-0.25, -0.2) is 14.8 Å². The number of fused-ring (bicyclic) bond motifs is 1. The number of carbonyl (C=O) groups is 1. The molecule has 3 heterocycles. The van der Waals surface area contributed by atoms with Crippen molar-refractivity contribution in [2.24, 2.45) is 0 Å². The van der Waals surface area contributed by atoms with Crippen LogP contribution < -0.4 is 15.4 Å². The van der Waals surface area contributed by atoms with E-state index in [9.17, 15) is 4.79 Å². The first-order valence-electron chi connectivity index (χ1n) is 9.08. The van der Waals surface area contributed by atoms with Crippen molar-refractivity contribution in [2.75, 3.05) is 25.1 Å². The molecule has 2 amide bonds. The van der Waals surface area contributed by atoms with Crippen LogP contribution in [0.15, 0.2) is 30.6 Å². The highest BCUT2D eigenvalue weighted by molar-refractivity contribution is 7.22. The number of hydrogen-bond acceptors (Lipinski definition) is 7. The van der Waals surface area contributed by atoms with E-state index in [1.165, 1.54) is 11.3 Å². The maximum atomic E-state index is 11.8. The Morgan fingerprint density at radius 1 is 1.29 bits per heavy atom. The molecule has 0 saturated heterocycles. The van der Waals surface area contributed by atoms with E-state index in [-0.39, 0.29) is 12.1 Å². The van der Waals surface area contributed by atoms with Crippen LogP contribution in [0.5, 0.6) is 5.88 Å². The zero-order chi connectivity index (χ0) is 19.9. The molecule has 0 radical (unpaired) electrons. The fraction of sp³-hybridized carbons (Fsp3) is 0.368. The predicted octanol–water partition coefficient (Wildman–Crippen LogP) is 3.70. The second-order valence-corrected chi connectivity index (χ2v) is 7.16. The second-order valence-electron chi connectivity index (χ2n) is 6.18. The van der Waals surface area contributed by atoms with Crippen LogP contribution in [0.2, 0.25) is 0 Å². The lowest BCUT2D eigenvalue weighted by Crippen LogP contribution is -2.28. The van der Waals surface area contributed by atoms with Gasteiger partial charge in [0.05, 0.1) is 12.7 Å². The number of rotatable bonds is 8. The predicted molar refractivity (Wildman–Crippen MR) is 110 cm³/mol. The van der Waals surface area contributed by atoms with Crippen LogP contribution in [0.1, 0.15) is 20.8 Å². The fourth-order valence-corrected chi connectivity index (χ4v) is 3.27. The highest BCUT2D eigenvalue weighted by Crippen LogP contribution is 2.34. The third kappa shape index (κ3) is 5.14. The van der Waals surface area contributed by atoms with Crippen molar-refractivity contribution >= 4 is 32.8 Å². The fourth-order valence-electron chi connectivity index (χ4n) is 2.47. The number of pyridine rings is 2. The summed E-state index contributed by atoms with van der Waals surface area (Å²) < 4.78 is 11.4. The Kier molecular flexibility index (Phi) is 6.72. The normalized spacial score (nSPS) is 11.0. The maximum absolute atomic E-state index is 11.8. The van der Waals surface area contributed by atoms with E-state index in [1.807, 2.05) is 39.0 Å². The van der Waals surface area contributed by atoms with Gasteiger partial charge in [-0.05, 0) is 32.9 Å². The molecule has 0 bridgehead atoms. The number of nitrogens with zero attached hydrogens (tertiary/aromatic N) is 3. The lowest BCUT2D eigenvalue weighted by Gasteiger charge is -2.12. The molecule has 0 aliphatic rings. The molecule has 2 N–H and O–H groups in total. The molecule has 0 spiro atoms. The highest BCUT2D eigenvalue weighted by Gasteiger charge is 2.15. The Bertz CT molecular complexity index is 930. The lowest BCUT2D eigenvalue weighted by molar-refractivity contribution is 0.0545. The van der Waals surface area contributed by atoms with E-state index in [1.54, 1.807) is 12.4 Å². The molecule has 28 heavy (non-hydrogen) atoms. The van der Waals surface area contributed by atoms with Crippen LogP contribution >= 0.6 is 11.3 Å². The first-order valence-corrected chi connectivity index (χ1v) is 9.89. The van der Waals surface area contributed by atoms with Crippen molar-refractivity contribution in [3.8, 4) is 17.0 Å². The monoisotopic (exact) mass is 401 g/mol. The zero-order valence-corrected chi connectivity index (χ0v) is 16.9. The minimum absolute atomic E-state index is 0.140. The molecule has 0 unspecified atom stereocenters. The van der Waals surface area contributed by atoms with Crippen LogP contribution in [0.25, 0.3) is 21.5 Å². The van der Waals surface area contributed by atoms with Crippen LogP contribution in [0, 0.1) is 0 Å². The Morgan fingerprint density at radius 3 is 2.86 bits per heavy atom.